The van der Waals surface area contributed by atoms with Crippen molar-refractivity contribution in [3.8, 4) is 5.75 Å². The van der Waals surface area contributed by atoms with Crippen molar-refractivity contribution in [3.63, 3.8) is 0 Å². The third-order valence-electron chi connectivity index (χ3n) is 2.60. The number of esters is 1. The maximum absolute atomic E-state index is 11.9. The van der Waals surface area contributed by atoms with E-state index in [0.717, 1.165) is 10.2 Å². The van der Waals surface area contributed by atoms with Crippen LogP contribution in [0, 0.1) is 0 Å². The van der Waals surface area contributed by atoms with E-state index >= 15 is 0 Å². The summed E-state index contributed by atoms with van der Waals surface area (Å²) in [6.07, 6.45) is 1.50. The van der Waals surface area contributed by atoms with Crippen molar-refractivity contribution in [2.45, 2.75) is 26.6 Å². The summed E-state index contributed by atoms with van der Waals surface area (Å²) < 4.78 is 15.7. The highest BCUT2D eigenvalue weighted by Crippen LogP contribution is 2.27. The molecule has 1 rings (SSSR count). The molecule has 0 radical (unpaired) electrons. The highest BCUT2D eigenvalue weighted by atomic mass is 79.9. The molecule has 6 nitrogen and oxygen atoms in total. The minimum Gasteiger partial charge on any atom is -0.495 e. The van der Waals surface area contributed by atoms with Gasteiger partial charge in [-0.2, -0.15) is 0 Å². The van der Waals surface area contributed by atoms with Crippen molar-refractivity contribution < 1.29 is 23.8 Å². The topological polar surface area (TPSA) is 73.9 Å². The Morgan fingerprint density at radius 2 is 2.05 bits per heavy atom. The summed E-state index contributed by atoms with van der Waals surface area (Å²) in [5.74, 6) is -1.24. The van der Waals surface area contributed by atoms with E-state index in [4.69, 9.17) is 9.47 Å². The molecule has 22 heavy (non-hydrogen) atoms. The second-order valence-electron chi connectivity index (χ2n) is 4.82. The highest BCUT2D eigenvalue weighted by molar-refractivity contribution is 9.10. The number of halogens is 1. The van der Waals surface area contributed by atoms with Crippen molar-refractivity contribution in [1.82, 2.24) is 0 Å². The van der Waals surface area contributed by atoms with Gasteiger partial charge in [0.25, 0.3) is 12.3 Å². The molecule has 0 aliphatic carbocycles. The van der Waals surface area contributed by atoms with Crippen LogP contribution in [-0.4, -0.2) is 25.3 Å². The van der Waals surface area contributed by atoms with Crippen LogP contribution in [0.25, 0.3) is 0 Å². The number of methoxy groups -OCH3 is 1. The minimum atomic E-state index is -1.31. The second kappa shape index (κ2) is 7.84. The third kappa shape index (κ3) is 5.40. The van der Waals surface area contributed by atoms with Crippen LogP contribution in [0.1, 0.15) is 20.8 Å². The van der Waals surface area contributed by atoms with E-state index in [1.807, 2.05) is 12.1 Å². The van der Waals surface area contributed by atoms with Crippen LogP contribution >= 0.6 is 15.9 Å². The summed E-state index contributed by atoms with van der Waals surface area (Å²) in [5.41, 5.74) is 1.07. The standard InChI is InChI=1S/C15H18BrNO5/c1-10(14(19)22-15(2,3)21-9-18)8-17-11-5-6-12(16)13(7-11)20-4/h5-9,17H,1-4H3/b10-8+. The Morgan fingerprint density at radius 3 is 2.64 bits per heavy atom. The van der Waals surface area contributed by atoms with Crippen LogP contribution in [0.2, 0.25) is 0 Å². The Labute approximate surface area is 137 Å². The third-order valence-corrected chi connectivity index (χ3v) is 3.25. The highest BCUT2D eigenvalue weighted by Gasteiger charge is 2.24. The van der Waals surface area contributed by atoms with E-state index < -0.39 is 11.8 Å². The SMILES string of the molecule is COc1cc(N/C=C(\C)C(=O)OC(C)(C)OC=O)ccc1Br. The van der Waals surface area contributed by atoms with Crippen molar-refractivity contribution in [2.75, 3.05) is 12.4 Å². The molecule has 0 amide bonds. The number of carbonyl (C=O) groups excluding carboxylic acids is 2. The Balaban J connectivity index is 2.73. The second-order valence-corrected chi connectivity index (χ2v) is 5.68. The molecule has 0 fully saturated rings. The molecule has 1 aromatic rings. The molecule has 0 saturated carbocycles. The fraction of sp³-hybridized carbons (Fsp3) is 0.333. The molecule has 1 aromatic carbocycles. The van der Waals surface area contributed by atoms with E-state index in [0.29, 0.717) is 11.3 Å². The number of anilines is 1. The van der Waals surface area contributed by atoms with Crippen LogP contribution in [0.3, 0.4) is 0 Å². The number of carbonyl (C=O) groups is 2. The largest absolute Gasteiger partial charge is 0.495 e. The average molecular weight is 372 g/mol. The van der Waals surface area contributed by atoms with E-state index in [9.17, 15) is 9.59 Å². The maximum atomic E-state index is 11.9. The molecule has 0 aliphatic rings. The average Bonchev–Trinajstić information content (AvgIpc) is 2.45. The maximum Gasteiger partial charge on any atom is 0.338 e. The van der Waals surface area contributed by atoms with Gasteiger partial charge in [-0.3, -0.25) is 4.79 Å². The zero-order valence-corrected chi connectivity index (χ0v) is 14.4. The van der Waals surface area contributed by atoms with Crippen LogP contribution in [0.4, 0.5) is 5.69 Å². The molecule has 0 bridgehead atoms. The lowest BCUT2D eigenvalue weighted by atomic mass is 10.3. The van der Waals surface area contributed by atoms with E-state index in [1.165, 1.54) is 20.0 Å². The summed E-state index contributed by atoms with van der Waals surface area (Å²) in [6.45, 7) is 4.76. The number of hydrogen-bond acceptors (Lipinski definition) is 6. The minimum absolute atomic E-state index is 0.235. The number of hydrogen-bond donors (Lipinski definition) is 1. The lowest BCUT2D eigenvalue weighted by molar-refractivity contribution is -0.204. The molecule has 0 aliphatic heterocycles. The van der Waals surface area contributed by atoms with E-state index in [-0.39, 0.29) is 6.47 Å². The first-order chi connectivity index (χ1) is 10.3. The molecule has 120 valence electrons. The zero-order valence-electron chi connectivity index (χ0n) is 12.8. The van der Waals surface area contributed by atoms with Crippen molar-refractivity contribution in [1.29, 1.82) is 0 Å². The summed E-state index contributed by atoms with van der Waals surface area (Å²) >= 11 is 3.36. The van der Waals surface area contributed by atoms with Gasteiger partial charge in [-0.05, 0) is 35.0 Å². The summed E-state index contributed by atoms with van der Waals surface area (Å²) in [4.78, 5) is 22.2. The zero-order chi connectivity index (χ0) is 16.8. The molecule has 7 heteroatoms. The van der Waals surface area contributed by atoms with Gasteiger partial charge in [-0.15, -0.1) is 0 Å². The molecule has 0 aromatic heterocycles. The van der Waals surface area contributed by atoms with Gasteiger partial charge in [-0.25, -0.2) is 4.79 Å². The van der Waals surface area contributed by atoms with Gasteiger partial charge in [0.05, 0.1) is 17.2 Å². The fourth-order valence-electron chi connectivity index (χ4n) is 1.44. The lowest BCUT2D eigenvalue weighted by Crippen LogP contribution is -2.31. The molecule has 0 saturated heterocycles. The molecular formula is C15H18BrNO5. The van der Waals surface area contributed by atoms with Gasteiger partial charge >= 0.3 is 5.97 Å². The number of benzene rings is 1. The molecule has 0 unspecified atom stereocenters. The molecule has 0 atom stereocenters. The number of nitrogens with one attached hydrogen (secondary N) is 1. The quantitative estimate of drug-likeness (QED) is 0.343. The van der Waals surface area contributed by atoms with Gasteiger partial charge in [0.2, 0.25) is 0 Å². The normalized spacial score (nSPS) is 11.6. The predicted octanol–water partition coefficient (Wildman–Crippen LogP) is 3.23. The molecule has 1 N–H and O–H groups in total. The molecule has 0 spiro atoms. The first-order valence-corrected chi connectivity index (χ1v) is 7.20. The fourth-order valence-corrected chi connectivity index (χ4v) is 1.85. The van der Waals surface area contributed by atoms with Gasteiger partial charge in [-0.1, -0.05) is 0 Å². The lowest BCUT2D eigenvalue weighted by Gasteiger charge is -2.22. The summed E-state index contributed by atoms with van der Waals surface area (Å²) in [6, 6.07) is 5.42. The first-order valence-electron chi connectivity index (χ1n) is 6.40. The van der Waals surface area contributed by atoms with Crippen LogP contribution < -0.4 is 10.1 Å². The van der Waals surface area contributed by atoms with Gasteiger partial charge < -0.3 is 19.5 Å². The smallest absolute Gasteiger partial charge is 0.338 e. The Hall–Kier alpha value is -2.02. The predicted molar refractivity (Wildman–Crippen MR) is 85.4 cm³/mol. The van der Waals surface area contributed by atoms with Crippen molar-refractivity contribution in [3.05, 3.63) is 34.4 Å². The van der Waals surface area contributed by atoms with Gasteiger partial charge in [0.15, 0.2) is 0 Å². The molecular weight excluding hydrogens is 354 g/mol. The monoisotopic (exact) mass is 371 g/mol. The summed E-state index contributed by atoms with van der Waals surface area (Å²) in [7, 11) is 1.57. The van der Waals surface area contributed by atoms with Gasteiger partial charge in [0, 0.05) is 31.8 Å². The molecule has 0 heterocycles. The number of ether oxygens (including phenoxy) is 3. The van der Waals surface area contributed by atoms with Crippen molar-refractivity contribution in [2.24, 2.45) is 0 Å². The van der Waals surface area contributed by atoms with Crippen LogP contribution in [-0.2, 0) is 19.1 Å². The summed E-state index contributed by atoms with van der Waals surface area (Å²) in [5, 5.41) is 2.97. The Bertz CT molecular complexity index is 583. The van der Waals surface area contributed by atoms with Crippen LogP contribution in [0.15, 0.2) is 34.4 Å². The number of rotatable bonds is 7. The van der Waals surface area contributed by atoms with Crippen molar-refractivity contribution >= 4 is 34.1 Å². The Kier molecular flexibility index (Phi) is 6.42. The first kappa shape index (κ1) is 18.0. The van der Waals surface area contributed by atoms with Gasteiger partial charge in [0.1, 0.15) is 5.75 Å². The van der Waals surface area contributed by atoms with Crippen LogP contribution in [0.5, 0.6) is 5.75 Å². The van der Waals surface area contributed by atoms with E-state index in [2.05, 4.69) is 26.0 Å². The Morgan fingerprint density at radius 1 is 1.36 bits per heavy atom. The van der Waals surface area contributed by atoms with E-state index in [1.54, 1.807) is 20.1 Å².